The third-order valence-electron chi connectivity index (χ3n) is 1.84. The van der Waals surface area contributed by atoms with E-state index >= 15 is 0 Å². The van der Waals surface area contributed by atoms with Crippen LogP contribution >= 0.6 is 0 Å². The van der Waals surface area contributed by atoms with Gasteiger partial charge in [0.15, 0.2) is 0 Å². The lowest BCUT2D eigenvalue weighted by atomic mass is 9.91. The van der Waals surface area contributed by atoms with E-state index < -0.39 is 0 Å². The Kier molecular flexibility index (Phi) is 4.65. The van der Waals surface area contributed by atoms with Gasteiger partial charge in [-0.15, -0.1) is 0 Å². The van der Waals surface area contributed by atoms with E-state index in [4.69, 9.17) is 5.11 Å². The molecule has 0 radical (unpaired) electrons. The Morgan fingerprint density at radius 2 is 2.10 bits per heavy atom. The lowest BCUT2D eigenvalue weighted by Crippen LogP contribution is -2.23. The molecule has 0 aromatic heterocycles. The molecule has 1 fully saturated rings. The third kappa shape index (κ3) is 2.67. The van der Waals surface area contributed by atoms with Crippen LogP contribution in [0.15, 0.2) is 0 Å². The summed E-state index contributed by atoms with van der Waals surface area (Å²) in [5.74, 6) is 0. The van der Waals surface area contributed by atoms with Crippen molar-refractivity contribution in [2.45, 2.75) is 27.2 Å². The first-order valence-corrected chi connectivity index (χ1v) is 4.08. The van der Waals surface area contributed by atoms with Gasteiger partial charge in [-0.1, -0.05) is 20.8 Å². The van der Waals surface area contributed by atoms with Gasteiger partial charge in [-0.2, -0.15) is 0 Å². The summed E-state index contributed by atoms with van der Waals surface area (Å²) in [5.41, 5.74) is 0.181. The molecule has 0 aliphatic carbocycles. The SMILES string of the molecule is CC.CC1(CO)CCNC1. The molecule has 2 nitrogen and oxygen atoms in total. The fraction of sp³-hybridized carbons (Fsp3) is 1.00. The molecule has 0 aromatic carbocycles. The van der Waals surface area contributed by atoms with Crippen molar-refractivity contribution >= 4 is 0 Å². The molecule has 0 amide bonds. The minimum absolute atomic E-state index is 0.181. The molecule has 1 saturated heterocycles. The van der Waals surface area contributed by atoms with Gasteiger partial charge in [-0.25, -0.2) is 0 Å². The highest BCUT2D eigenvalue weighted by Gasteiger charge is 2.26. The van der Waals surface area contributed by atoms with Crippen molar-refractivity contribution in [2.24, 2.45) is 5.41 Å². The summed E-state index contributed by atoms with van der Waals surface area (Å²) in [6.45, 7) is 8.47. The summed E-state index contributed by atoms with van der Waals surface area (Å²) >= 11 is 0. The average molecular weight is 145 g/mol. The molecule has 1 rings (SSSR count). The highest BCUT2D eigenvalue weighted by molar-refractivity contribution is 4.82. The van der Waals surface area contributed by atoms with E-state index in [0.717, 1.165) is 19.5 Å². The average Bonchev–Trinajstić information content (AvgIpc) is 2.42. The van der Waals surface area contributed by atoms with Crippen molar-refractivity contribution in [3.63, 3.8) is 0 Å². The summed E-state index contributed by atoms with van der Waals surface area (Å²) < 4.78 is 0. The van der Waals surface area contributed by atoms with Crippen molar-refractivity contribution in [2.75, 3.05) is 19.7 Å². The summed E-state index contributed by atoms with van der Waals surface area (Å²) in [4.78, 5) is 0. The zero-order chi connectivity index (χ0) is 8.04. The largest absolute Gasteiger partial charge is 0.396 e. The van der Waals surface area contributed by atoms with E-state index in [1.807, 2.05) is 13.8 Å². The molecule has 2 N–H and O–H groups in total. The second-order valence-electron chi connectivity index (χ2n) is 2.90. The van der Waals surface area contributed by atoms with Crippen LogP contribution in [-0.4, -0.2) is 24.8 Å². The second kappa shape index (κ2) is 4.69. The van der Waals surface area contributed by atoms with E-state index in [9.17, 15) is 0 Å². The van der Waals surface area contributed by atoms with Gasteiger partial charge in [0.2, 0.25) is 0 Å². The van der Waals surface area contributed by atoms with E-state index in [-0.39, 0.29) is 5.41 Å². The molecule has 1 heterocycles. The molecule has 0 bridgehead atoms. The van der Waals surface area contributed by atoms with Gasteiger partial charge in [-0.3, -0.25) is 0 Å². The van der Waals surface area contributed by atoms with Crippen LogP contribution in [0.5, 0.6) is 0 Å². The highest BCUT2D eigenvalue weighted by atomic mass is 16.3. The quantitative estimate of drug-likeness (QED) is 0.577. The van der Waals surface area contributed by atoms with E-state index in [1.165, 1.54) is 0 Å². The standard InChI is InChI=1S/C6H13NO.C2H6/c1-6(5-8)2-3-7-4-6;1-2/h7-8H,2-5H2,1H3;1-2H3. The van der Waals surface area contributed by atoms with Crippen LogP contribution in [0, 0.1) is 5.41 Å². The Labute approximate surface area is 63.6 Å². The lowest BCUT2D eigenvalue weighted by molar-refractivity contribution is 0.160. The predicted molar refractivity (Wildman–Crippen MR) is 44.0 cm³/mol. The predicted octanol–water partition coefficient (Wildman–Crippen LogP) is 1.00. The number of nitrogens with one attached hydrogen (secondary N) is 1. The van der Waals surface area contributed by atoms with E-state index in [1.54, 1.807) is 0 Å². The normalized spacial score (nSPS) is 31.2. The molecule has 1 aliphatic rings. The summed E-state index contributed by atoms with van der Waals surface area (Å²) in [6.07, 6.45) is 1.11. The first-order chi connectivity index (χ1) is 4.77. The summed E-state index contributed by atoms with van der Waals surface area (Å²) in [5, 5.41) is 12.0. The van der Waals surface area contributed by atoms with Gasteiger partial charge in [0.05, 0.1) is 0 Å². The Morgan fingerprint density at radius 1 is 1.50 bits per heavy atom. The maximum absolute atomic E-state index is 8.79. The van der Waals surface area contributed by atoms with Crippen molar-refractivity contribution < 1.29 is 5.11 Å². The van der Waals surface area contributed by atoms with Crippen LogP contribution in [0.3, 0.4) is 0 Å². The third-order valence-corrected chi connectivity index (χ3v) is 1.84. The van der Waals surface area contributed by atoms with Crippen LogP contribution in [-0.2, 0) is 0 Å². The number of hydrogen-bond acceptors (Lipinski definition) is 2. The smallest absolute Gasteiger partial charge is 0.0497 e. The topological polar surface area (TPSA) is 32.3 Å². The molecule has 0 aromatic rings. The molecule has 62 valence electrons. The van der Waals surface area contributed by atoms with Crippen LogP contribution in [0.2, 0.25) is 0 Å². The van der Waals surface area contributed by atoms with Crippen LogP contribution in [0.4, 0.5) is 0 Å². The van der Waals surface area contributed by atoms with Gasteiger partial charge in [0, 0.05) is 18.6 Å². The van der Waals surface area contributed by atoms with E-state index in [2.05, 4.69) is 12.2 Å². The minimum atomic E-state index is 0.181. The molecule has 1 unspecified atom stereocenters. The molecule has 10 heavy (non-hydrogen) atoms. The number of rotatable bonds is 1. The van der Waals surface area contributed by atoms with Crippen molar-refractivity contribution in [1.29, 1.82) is 0 Å². The van der Waals surface area contributed by atoms with Crippen molar-refractivity contribution in [1.82, 2.24) is 5.32 Å². The monoisotopic (exact) mass is 145 g/mol. The fourth-order valence-electron chi connectivity index (χ4n) is 1.00. The Morgan fingerprint density at radius 3 is 2.30 bits per heavy atom. The van der Waals surface area contributed by atoms with Gasteiger partial charge >= 0.3 is 0 Å². The van der Waals surface area contributed by atoms with Crippen LogP contribution in [0.25, 0.3) is 0 Å². The highest BCUT2D eigenvalue weighted by Crippen LogP contribution is 2.22. The minimum Gasteiger partial charge on any atom is -0.396 e. The lowest BCUT2D eigenvalue weighted by Gasteiger charge is -2.17. The second-order valence-corrected chi connectivity index (χ2v) is 2.90. The van der Waals surface area contributed by atoms with Gasteiger partial charge < -0.3 is 10.4 Å². The Balaban J connectivity index is 0.000000371. The summed E-state index contributed by atoms with van der Waals surface area (Å²) in [7, 11) is 0. The summed E-state index contributed by atoms with van der Waals surface area (Å²) in [6, 6.07) is 0. The number of hydrogen-bond donors (Lipinski definition) is 2. The molecule has 1 atom stereocenters. The first kappa shape index (κ1) is 9.92. The Bertz CT molecular complexity index is 77.3. The van der Waals surface area contributed by atoms with Gasteiger partial charge in [-0.05, 0) is 13.0 Å². The number of aliphatic hydroxyl groups is 1. The van der Waals surface area contributed by atoms with Gasteiger partial charge in [0.25, 0.3) is 0 Å². The van der Waals surface area contributed by atoms with Gasteiger partial charge in [0.1, 0.15) is 0 Å². The maximum atomic E-state index is 8.79. The fourth-order valence-corrected chi connectivity index (χ4v) is 1.00. The molecule has 2 heteroatoms. The zero-order valence-electron chi connectivity index (χ0n) is 7.28. The first-order valence-electron chi connectivity index (χ1n) is 4.08. The molecule has 1 aliphatic heterocycles. The molecular weight excluding hydrogens is 126 g/mol. The Hall–Kier alpha value is -0.0800. The van der Waals surface area contributed by atoms with Crippen molar-refractivity contribution in [3.05, 3.63) is 0 Å². The van der Waals surface area contributed by atoms with Crippen LogP contribution in [0.1, 0.15) is 27.2 Å². The maximum Gasteiger partial charge on any atom is 0.0497 e. The van der Waals surface area contributed by atoms with E-state index in [0.29, 0.717) is 6.61 Å². The number of aliphatic hydroxyl groups excluding tert-OH is 1. The zero-order valence-corrected chi connectivity index (χ0v) is 7.28. The van der Waals surface area contributed by atoms with Crippen molar-refractivity contribution in [3.8, 4) is 0 Å². The molecule has 0 saturated carbocycles. The molecular formula is C8H19NO. The van der Waals surface area contributed by atoms with Crippen LogP contribution < -0.4 is 5.32 Å². The molecule has 0 spiro atoms.